The molecule has 0 unspecified atom stereocenters. The van der Waals surface area contributed by atoms with Crippen LogP contribution in [0.5, 0.6) is 0 Å². The van der Waals surface area contributed by atoms with Crippen LogP contribution in [0.1, 0.15) is 12.5 Å². The number of amides is 1. The summed E-state index contributed by atoms with van der Waals surface area (Å²) in [5.74, 6) is 0.0466. The molecule has 100 valence electrons. The second-order valence-electron chi connectivity index (χ2n) is 4.17. The van der Waals surface area contributed by atoms with Crippen molar-refractivity contribution in [2.45, 2.75) is 13.3 Å². The molecule has 0 aromatic heterocycles. The number of carbonyl (C=O) groups is 1. The summed E-state index contributed by atoms with van der Waals surface area (Å²) in [5.41, 5.74) is 1.37. The summed E-state index contributed by atoms with van der Waals surface area (Å²) in [7, 11) is 0.154. The number of hydrogen-bond acceptors (Lipinski definition) is 3. The van der Waals surface area contributed by atoms with Crippen LogP contribution < -0.4 is 4.72 Å². The van der Waals surface area contributed by atoms with E-state index < -0.39 is 10.0 Å². The van der Waals surface area contributed by atoms with E-state index >= 15 is 0 Å². The van der Waals surface area contributed by atoms with Gasteiger partial charge >= 0.3 is 0 Å². The number of likely N-dealkylation sites (N-methyl/N-ethyl adjacent to an activating group) is 1. The Kier molecular flexibility index (Phi) is 4.72. The molecule has 0 aliphatic rings. The number of rotatable bonds is 5. The second kappa shape index (κ2) is 5.86. The fraction of sp³-hybridized carbons (Fsp3) is 0.417. The predicted octanol–water partition coefficient (Wildman–Crippen LogP) is 1.08. The van der Waals surface area contributed by atoms with Crippen LogP contribution in [0.25, 0.3) is 0 Å². The first kappa shape index (κ1) is 14.5. The van der Waals surface area contributed by atoms with Crippen LogP contribution in [-0.4, -0.2) is 39.1 Å². The van der Waals surface area contributed by atoms with E-state index in [0.29, 0.717) is 12.1 Å². The summed E-state index contributed by atoms with van der Waals surface area (Å²) in [4.78, 5) is 13.0. The Bertz CT molecular complexity index is 507. The number of hydrogen-bond donors (Lipinski definition) is 1. The molecule has 1 aromatic rings. The fourth-order valence-electron chi connectivity index (χ4n) is 1.28. The fourth-order valence-corrected chi connectivity index (χ4v) is 1.91. The quantitative estimate of drug-likeness (QED) is 0.870. The van der Waals surface area contributed by atoms with E-state index in [1.165, 1.54) is 4.90 Å². The largest absolute Gasteiger partial charge is 0.349 e. The molecule has 1 rings (SSSR count). The molecule has 0 heterocycles. The van der Waals surface area contributed by atoms with Gasteiger partial charge in [0, 0.05) is 19.8 Å². The molecule has 0 fully saturated rings. The maximum atomic E-state index is 11.5. The molecular formula is C12H18N2O3S. The van der Waals surface area contributed by atoms with Crippen molar-refractivity contribution in [3.05, 3.63) is 29.8 Å². The van der Waals surface area contributed by atoms with Crippen LogP contribution in [0.2, 0.25) is 0 Å². The normalized spacial score (nSPS) is 11.1. The van der Waals surface area contributed by atoms with Crippen LogP contribution in [0, 0.1) is 0 Å². The lowest BCUT2D eigenvalue weighted by atomic mass is 10.1. The molecule has 0 aliphatic heterocycles. The Hall–Kier alpha value is -1.56. The van der Waals surface area contributed by atoms with Gasteiger partial charge in [0.25, 0.3) is 0 Å². The van der Waals surface area contributed by atoms with Crippen LogP contribution >= 0.6 is 0 Å². The Balaban J connectivity index is 2.72. The third-order valence-electron chi connectivity index (χ3n) is 2.46. The molecule has 0 aliphatic carbocycles. The van der Waals surface area contributed by atoms with Gasteiger partial charge in [-0.1, -0.05) is 12.1 Å². The first-order chi connectivity index (χ1) is 8.34. The number of sulfonamides is 1. The highest BCUT2D eigenvalue weighted by Crippen LogP contribution is 2.12. The van der Waals surface area contributed by atoms with Crippen LogP contribution in [-0.2, 0) is 21.2 Å². The molecule has 0 radical (unpaired) electrons. The molecule has 5 nitrogen and oxygen atoms in total. The SMILES string of the molecule is CCS(=O)(=O)Nc1ccc(CC(=O)N(C)C)cc1. The number of carbonyl (C=O) groups excluding carboxylic acids is 1. The minimum absolute atomic E-state index is 0.0110. The second-order valence-corrected chi connectivity index (χ2v) is 6.18. The highest BCUT2D eigenvalue weighted by Gasteiger charge is 2.08. The van der Waals surface area contributed by atoms with Crippen molar-refractivity contribution in [1.29, 1.82) is 0 Å². The van der Waals surface area contributed by atoms with E-state index in [9.17, 15) is 13.2 Å². The summed E-state index contributed by atoms with van der Waals surface area (Å²) in [5, 5.41) is 0. The summed E-state index contributed by atoms with van der Waals surface area (Å²) in [6.45, 7) is 1.58. The highest BCUT2D eigenvalue weighted by molar-refractivity contribution is 7.92. The van der Waals surface area contributed by atoms with Crippen LogP contribution in [0.4, 0.5) is 5.69 Å². The van der Waals surface area contributed by atoms with Crippen molar-refractivity contribution in [2.24, 2.45) is 0 Å². The van der Waals surface area contributed by atoms with Crippen LogP contribution in [0.3, 0.4) is 0 Å². The monoisotopic (exact) mass is 270 g/mol. The average molecular weight is 270 g/mol. The van der Waals surface area contributed by atoms with Crippen molar-refractivity contribution in [1.82, 2.24) is 4.90 Å². The first-order valence-electron chi connectivity index (χ1n) is 5.63. The summed E-state index contributed by atoms with van der Waals surface area (Å²) in [6, 6.07) is 6.81. The lowest BCUT2D eigenvalue weighted by Crippen LogP contribution is -2.23. The summed E-state index contributed by atoms with van der Waals surface area (Å²) in [6.07, 6.45) is 0.313. The Labute approximate surface area is 108 Å². The van der Waals surface area contributed by atoms with Crippen LogP contribution in [0.15, 0.2) is 24.3 Å². The van der Waals surface area contributed by atoms with Gasteiger partial charge in [-0.2, -0.15) is 0 Å². The lowest BCUT2D eigenvalue weighted by molar-refractivity contribution is -0.127. The van der Waals surface area contributed by atoms with Gasteiger partial charge in [-0.25, -0.2) is 8.42 Å². The summed E-state index contributed by atoms with van der Waals surface area (Å²) < 4.78 is 25.1. The van der Waals surface area contributed by atoms with Gasteiger partial charge < -0.3 is 4.90 Å². The van der Waals surface area contributed by atoms with Crippen molar-refractivity contribution >= 4 is 21.6 Å². The molecule has 0 spiro atoms. The van der Waals surface area contributed by atoms with Crippen molar-refractivity contribution in [2.75, 3.05) is 24.6 Å². The minimum atomic E-state index is -3.25. The lowest BCUT2D eigenvalue weighted by Gasteiger charge is -2.10. The molecule has 6 heteroatoms. The Morgan fingerprint density at radius 3 is 2.22 bits per heavy atom. The third-order valence-corrected chi connectivity index (χ3v) is 3.77. The maximum absolute atomic E-state index is 11.5. The smallest absolute Gasteiger partial charge is 0.232 e. The Morgan fingerprint density at radius 2 is 1.78 bits per heavy atom. The van der Waals surface area contributed by atoms with Gasteiger partial charge in [-0.3, -0.25) is 9.52 Å². The number of benzene rings is 1. The van der Waals surface area contributed by atoms with Gasteiger partial charge in [0.2, 0.25) is 15.9 Å². The van der Waals surface area contributed by atoms with Gasteiger partial charge in [0.15, 0.2) is 0 Å². The molecule has 0 bridgehead atoms. The summed E-state index contributed by atoms with van der Waals surface area (Å²) >= 11 is 0. The van der Waals surface area contributed by atoms with E-state index in [-0.39, 0.29) is 11.7 Å². The average Bonchev–Trinajstić information content (AvgIpc) is 2.31. The van der Waals surface area contributed by atoms with Gasteiger partial charge in [-0.05, 0) is 24.6 Å². The number of nitrogens with zero attached hydrogens (tertiary/aromatic N) is 1. The molecular weight excluding hydrogens is 252 g/mol. The van der Waals surface area contributed by atoms with Gasteiger partial charge in [-0.15, -0.1) is 0 Å². The van der Waals surface area contributed by atoms with E-state index in [2.05, 4.69) is 4.72 Å². The molecule has 0 atom stereocenters. The van der Waals surface area contributed by atoms with E-state index in [1.54, 1.807) is 45.3 Å². The molecule has 1 N–H and O–H groups in total. The zero-order chi connectivity index (χ0) is 13.8. The molecule has 0 saturated heterocycles. The zero-order valence-electron chi connectivity index (χ0n) is 10.8. The standard InChI is InChI=1S/C12H18N2O3S/c1-4-18(16,17)13-11-7-5-10(6-8-11)9-12(15)14(2)3/h5-8,13H,4,9H2,1-3H3. The number of anilines is 1. The Morgan fingerprint density at radius 1 is 1.22 bits per heavy atom. The number of nitrogens with one attached hydrogen (secondary N) is 1. The molecule has 18 heavy (non-hydrogen) atoms. The van der Waals surface area contributed by atoms with Crippen molar-refractivity contribution in [3.8, 4) is 0 Å². The van der Waals surface area contributed by atoms with Gasteiger partial charge in [0.1, 0.15) is 0 Å². The van der Waals surface area contributed by atoms with E-state index in [0.717, 1.165) is 5.56 Å². The maximum Gasteiger partial charge on any atom is 0.232 e. The van der Waals surface area contributed by atoms with E-state index in [1.807, 2.05) is 0 Å². The predicted molar refractivity (Wildman–Crippen MR) is 71.9 cm³/mol. The molecule has 0 saturated carbocycles. The van der Waals surface area contributed by atoms with Crippen molar-refractivity contribution in [3.63, 3.8) is 0 Å². The third kappa shape index (κ3) is 4.37. The highest BCUT2D eigenvalue weighted by atomic mass is 32.2. The molecule has 1 amide bonds. The zero-order valence-corrected chi connectivity index (χ0v) is 11.6. The van der Waals surface area contributed by atoms with Gasteiger partial charge in [0.05, 0.1) is 12.2 Å². The van der Waals surface area contributed by atoms with Crippen molar-refractivity contribution < 1.29 is 13.2 Å². The minimum Gasteiger partial charge on any atom is -0.349 e. The topological polar surface area (TPSA) is 66.5 Å². The van der Waals surface area contributed by atoms with E-state index in [4.69, 9.17) is 0 Å². The first-order valence-corrected chi connectivity index (χ1v) is 7.29. The molecule has 1 aromatic carbocycles.